The molecular weight excluding hydrogens is 1190 g/mol. The fraction of sp³-hybridized carbons (Fsp3) is 0. The van der Waals surface area contributed by atoms with Gasteiger partial charge in [-0.2, -0.15) is 0 Å². The molecule has 98 heavy (non-hydrogen) atoms. The number of para-hydroxylation sites is 7. The maximum absolute atomic E-state index is 7.24. The van der Waals surface area contributed by atoms with Crippen molar-refractivity contribution in [3.63, 3.8) is 0 Å². The molecule has 0 saturated heterocycles. The summed E-state index contributed by atoms with van der Waals surface area (Å²) in [5.41, 5.74) is 22.8. The minimum atomic E-state index is 0.823. The predicted molar refractivity (Wildman–Crippen MR) is 410 cm³/mol. The van der Waals surface area contributed by atoms with Crippen molar-refractivity contribution in [1.82, 2.24) is 9.13 Å². The summed E-state index contributed by atoms with van der Waals surface area (Å²) in [4.78, 5) is 4.88. The summed E-state index contributed by atoms with van der Waals surface area (Å²) in [6.45, 7) is 0. The Bertz CT molecular complexity index is 6560. The van der Waals surface area contributed by atoms with Crippen LogP contribution in [0, 0.1) is 0 Å². The molecule has 0 amide bonds. The van der Waals surface area contributed by atoms with Crippen LogP contribution in [-0.2, 0) is 0 Å². The molecule has 0 radical (unpaired) electrons. The van der Waals surface area contributed by atoms with Crippen molar-refractivity contribution in [2.45, 2.75) is 0 Å². The van der Waals surface area contributed by atoms with Crippen molar-refractivity contribution in [2.24, 2.45) is 0 Å². The van der Waals surface area contributed by atoms with Crippen LogP contribution >= 0.6 is 0 Å². The van der Waals surface area contributed by atoms with Crippen LogP contribution in [0.4, 0.5) is 34.1 Å². The first-order valence-electron chi connectivity index (χ1n) is 33.5. The molecule has 4 aromatic heterocycles. The normalized spacial score (nSPS) is 11.9. The third-order valence-electron chi connectivity index (χ3n) is 20.1. The van der Waals surface area contributed by atoms with Gasteiger partial charge in [0.1, 0.15) is 22.3 Å². The number of nitrogens with zero attached hydrogens (tertiary/aromatic N) is 4. The highest BCUT2D eigenvalue weighted by molar-refractivity contribution is 6.19. The number of rotatable bonds is 11. The molecular formula is C92H58N4O2. The summed E-state index contributed by atoms with van der Waals surface area (Å²) < 4.78 is 18.6. The van der Waals surface area contributed by atoms with Gasteiger partial charge in [-0.3, -0.25) is 0 Å². The number of hydrogen-bond acceptors (Lipinski definition) is 4. The zero-order valence-electron chi connectivity index (χ0n) is 53.1. The van der Waals surface area contributed by atoms with Crippen LogP contribution in [-0.4, -0.2) is 9.13 Å². The number of furan rings is 2. The van der Waals surface area contributed by atoms with E-state index in [-0.39, 0.29) is 0 Å². The lowest BCUT2D eigenvalue weighted by Gasteiger charge is -2.29. The van der Waals surface area contributed by atoms with E-state index in [9.17, 15) is 0 Å². The molecule has 0 saturated carbocycles. The van der Waals surface area contributed by atoms with Gasteiger partial charge < -0.3 is 27.8 Å². The Labute approximate surface area is 564 Å². The lowest BCUT2D eigenvalue weighted by molar-refractivity contribution is 0.669. The average molecular weight is 1250 g/mol. The smallest absolute Gasteiger partial charge is 0.143 e. The topological polar surface area (TPSA) is 42.6 Å². The summed E-state index contributed by atoms with van der Waals surface area (Å²) in [5, 5.41) is 13.8. The van der Waals surface area contributed by atoms with Crippen molar-refractivity contribution in [3.05, 3.63) is 352 Å². The van der Waals surface area contributed by atoms with E-state index in [2.05, 4.69) is 365 Å². The van der Waals surface area contributed by atoms with Gasteiger partial charge in [0.05, 0.1) is 39.1 Å². The number of benzene rings is 16. The Kier molecular flexibility index (Phi) is 12.6. The molecule has 0 spiro atoms. The predicted octanol–water partition coefficient (Wildman–Crippen LogP) is 25.9. The average Bonchev–Trinajstić information content (AvgIpc) is 1.49. The molecule has 0 fully saturated rings. The first kappa shape index (κ1) is 55.3. The number of aromatic nitrogens is 2. The highest BCUT2D eigenvalue weighted by Crippen LogP contribution is 2.50. The third-order valence-corrected chi connectivity index (χ3v) is 20.1. The molecule has 0 unspecified atom stereocenters. The van der Waals surface area contributed by atoms with Gasteiger partial charge in [-0.05, 0) is 142 Å². The molecule has 20 rings (SSSR count). The van der Waals surface area contributed by atoms with Gasteiger partial charge in [0.15, 0.2) is 0 Å². The van der Waals surface area contributed by atoms with E-state index in [1.807, 2.05) is 6.07 Å². The van der Waals surface area contributed by atoms with E-state index in [0.29, 0.717) is 0 Å². The maximum atomic E-state index is 7.24. The minimum Gasteiger partial charge on any atom is -0.456 e. The molecule has 6 nitrogen and oxygen atoms in total. The monoisotopic (exact) mass is 1250 g/mol. The second-order valence-corrected chi connectivity index (χ2v) is 25.5. The summed E-state index contributed by atoms with van der Waals surface area (Å²) in [5.74, 6) is 0. The molecule has 0 aliphatic rings. The Morgan fingerprint density at radius 2 is 0.663 bits per heavy atom. The van der Waals surface area contributed by atoms with E-state index in [0.717, 1.165) is 139 Å². The lowest BCUT2D eigenvalue weighted by Crippen LogP contribution is -2.12. The summed E-state index contributed by atoms with van der Waals surface area (Å²) in [6, 6.07) is 128. The molecule has 0 aliphatic heterocycles. The van der Waals surface area contributed by atoms with E-state index in [1.165, 1.54) is 48.7 Å². The van der Waals surface area contributed by atoms with Gasteiger partial charge in [0.25, 0.3) is 0 Å². The van der Waals surface area contributed by atoms with Crippen LogP contribution in [0.5, 0.6) is 0 Å². The van der Waals surface area contributed by atoms with Gasteiger partial charge in [-0.25, -0.2) is 0 Å². The van der Waals surface area contributed by atoms with Crippen molar-refractivity contribution in [1.29, 1.82) is 0 Å². The van der Waals surface area contributed by atoms with E-state index >= 15 is 0 Å². The van der Waals surface area contributed by atoms with Crippen molar-refractivity contribution < 1.29 is 8.83 Å². The summed E-state index contributed by atoms with van der Waals surface area (Å²) >= 11 is 0. The molecule has 0 bridgehead atoms. The van der Waals surface area contributed by atoms with Crippen molar-refractivity contribution in [3.8, 4) is 44.8 Å². The van der Waals surface area contributed by atoms with Crippen LogP contribution in [0.3, 0.4) is 0 Å². The van der Waals surface area contributed by atoms with Gasteiger partial charge >= 0.3 is 0 Å². The molecule has 458 valence electrons. The minimum absolute atomic E-state index is 0.823. The molecule has 0 N–H and O–H groups in total. The molecule has 4 heterocycles. The van der Waals surface area contributed by atoms with Crippen LogP contribution in [0.1, 0.15) is 0 Å². The fourth-order valence-electron chi connectivity index (χ4n) is 15.8. The summed E-state index contributed by atoms with van der Waals surface area (Å²) in [7, 11) is 0. The first-order valence-corrected chi connectivity index (χ1v) is 33.5. The fourth-order valence-corrected chi connectivity index (χ4v) is 15.8. The molecule has 6 heteroatoms. The lowest BCUT2D eigenvalue weighted by atomic mass is 9.95. The number of anilines is 6. The Morgan fingerprint density at radius 1 is 0.224 bits per heavy atom. The quantitative estimate of drug-likeness (QED) is 0.129. The largest absolute Gasteiger partial charge is 0.456 e. The zero-order valence-corrected chi connectivity index (χ0v) is 53.1. The highest BCUT2D eigenvalue weighted by Gasteiger charge is 2.26. The van der Waals surface area contributed by atoms with Gasteiger partial charge in [0.2, 0.25) is 0 Å². The van der Waals surface area contributed by atoms with Crippen LogP contribution in [0.15, 0.2) is 361 Å². The summed E-state index contributed by atoms with van der Waals surface area (Å²) in [6.07, 6.45) is 0. The Hall–Kier alpha value is -13.2. The van der Waals surface area contributed by atoms with E-state index in [1.54, 1.807) is 0 Å². The number of hydrogen-bond donors (Lipinski definition) is 0. The first-order chi connectivity index (χ1) is 48.6. The Balaban J connectivity index is 0.739. The third kappa shape index (κ3) is 8.68. The standard InChI is InChI=1S/C92H58N4O2/c1-2-25-61-55-67(53-51-59(61)23-1)93(81-42-11-8-35-73(81)76-39-21-49-88-90(76)78-37-10-16-48-87(78)97-88)63-27-18-30-66(57-63)96-84-45-14-7-34-72(84)75-54-52-62(56-86(75)96)69-38-20-41-79-91-77(40-22-50-89(91)98-92(69)79)74-36-9-15-46-85(74)94(80-47-17-26-60-24-3-4-31-68(60)80)64-28-19-29-65(58-64)95-82-43-12-5-32-70(82)71-33-6-13-44-83(71)95/h1-58H. The molecule has 0 aliphatic carbocycles. The van der Waals surface area contributed by atoms with Crippen LogP contribution in [0.2, 0.25) is 0 Å². The van der Waals surface area contributed by atoms with Crippen molar-refractivity contribution in [2.75, 3.05) is 9.80 Å². The second kappa shape index (κ2) is 22.2. The molecule has 0 atom stereocenters. The van der Waals surface area contributed by atoms with Gasteiger partial charge in [0, 0.05) is 93.6 Å². The van der Waals surface area contributed by atoms with Gasteiger partial charge in [-0.1, -0.05) is 243 Å². The highest BCUT2D eigenvalue weighted by atomic mass is 16.3. The van der Waals surface area contributed by atoms with Crippen molar-refractivity contribution >= 4 is 143 Å². The maximum Gasteiger partial charge on any atom is 0.143 e. The Morgan fingerprint density at radius 3 is 1.36 bits per heavy atom. The zero-order chi connectivity index (χ0) is 64.4. The van der Waals surface area contributed by atoms with E-state index < -0.39 is 0 Å². The van der Waals surface area contributed by atoms with Gasteiger partial charge in [-0.15, -0.1) is 0 Å². The number of fused-ring (bicyclic) bond motifs is 14. The molecule has 16 aromatic carbocycles. The molecule has 20 aromatic rings. The second-order valence-electron chi connectivity index (χ2n) is 25.5. The van der Waals surface area contributed by atoms with Crippen LogP contribution < -0.4 is 9.80 Å². The van der Waals surface area contributed by atoms with E-state index in [4.69, 9.17) is 8.83 Å². The SMILES string of the molecule is c1cc(N(c2ccc3ccccc3c2)c2ccccc2-c2cccc3oc4ccccc4c23)cc(-n2c3ccccc3c3ccc(-c4cccc5c4oc4cccc(-c6ccccc6N(c6cccc(-n7c8ccccc8c8ccccc87)c6)c6cccc7ccccc67)c45)cc32)c1. The van der Waals surface area contributed by atoms with Crippen LogP contribution in [0.25, 0.3) is 154 Å².